The number of halogens is 3. The summed E-state index contributed by atoms with van der Waals surface area (Å²) in [6, 6.07) is 2.73. The second-order valence-electron chi connectivity index (χ2n) is 2.91. The van der Waals surface area contributed by atoms with Crippen molar-refractivity contribution in [2.45, 2.75) is 6.36 Å². The molecule has 0 saturated heterocycles. The first kappa shape index (κ1) is 13.2. The predicted octanol–water partition coefficient (Wildman–Crippen LogP) is 1.36. The first-order valence-corrected chi connectivity index (χ1v) is 4.48. The SMILES string of the molecule is Nc1ccc(C(=O)OCCOC(F)(F)F)nc1. The number of nitrogens with zero attached hydrogens (tertiary/aromatic N) is 1. The Labute approximate surface area is 94.3 Å². The first-order chi connectivity index (χ1) is 7.88. The number of aromatic nitrogens is 1. The lowest BCUT2D eigenvalue weighted by atomic mass is 10.3. The maximum atomic E-state index is 11.6. The number of esters is 1. The average molecular weight is 250 g/mol. The molecule has 0 fully saturated rings. The summed E-state index contributed by atoms with van der Waals surface area (Å²) in [6.45, 7) is -1.27. The third-order valence-electron chi connectivity index (χ3n) is 1.58. The Balaban J connectivity index is 2.33. The molecule has 17 heavy (non-hydrogen) atoms. The van der Waals surface area contributed by atoms with E-state index in [-0.39, 0.29) is 5.69 Å². The van der Waals surface area contributed by atoms with Crippen LogP contribution in [0.2, 0.25) is 0 Å². The molecule has 5 nitrogen and oxygen atoms in total. The van der Waals surface area contributed by atoms with E-state index in [0.29, 0.717) is 5.69 Å². The Kier molecular flexibility index (Phi) is 4.27. The van der Waals surface area contributed by atoms with Gasteiger partial charge in [-0.15, -0.1) is 13.2 Å². The van der Waals surface area contributed by atoms with Crippen LogP contribution in [0.25, 0.3) is 0 Å². The number of hydrogen-bond donors (Lipinski definition) is 1. The molecular weight excluding hydrogens is 241 g/mol. The smallest absolute Gasteiger partial charge is 0.459 e. The van der Waals surface area contributed by atoms with E-state index in [2.05, 4.69) is 14.5 Å². The van der Waals surface area contributed by atoms with Crippen molar-refractivity contribution in [1.82, 2.24) is 4.98 Å². The van der Waals surface area contributed by atoms with Crippen LogP contribution in [0.15, 0.2) is 18.3 Å². The van der Waals surface area contributed by atoms with Crippen LogP contribution in [0.5, 0.6) is 0 Å². The molecule has 8 heteroatoms. The summed E-state index contributed by atoms with van der Waals surface area (Å²) >= 11 is 0. The first-order valence-electron chi connectivity index (χ1n) is 4.48. The highest BCUT2D eigenvalue weighted by Gasteiger charge is 2.28. The maximum Gasteiger partial charge on any atom is 0.522 e. The molecule has 0 radical (unpaired) electrons. The van der Waals surface area contributed by atoms with E-state index in [1.807, 2.05) is 0 Å². The van der Waals surface area contributed by atoms with Gasteiger partial charge in [0.25, 0.3) is 0 Å². The molecule has 0 bridgehead atoms. The van der Waals surface area contributed by atoms with Gasteiger partial charge in [-0.2, -0.15) is 0 Å². The van der Waals surface area contributed by atoms with E-state index >= 15 is 0 Å². The fourth-order valence-corrected chi connectivity index (χ4v) is 0.892. The molecule has 0 unspecified atom stereocenters. The zero-order valence-corrected chi connectivity index (χ0v) is 8.53. The molecule has 0 aliphatic carbocycles. The number of hydrogen-bond acceptors (Lipinski definition) is 5. The standard InChI is InChI=1S/C9H9F3N2O3/c10-9(11,12)17-4-3-16-8(15)7-2-1-6(13)5-14-7/h1-2,5H,3-4,13H2. The minimum Gasteiger partial charge on any atom is -0.459 e. The third-order valence-corrected chi connectivity index (χ3v) is 1.58. The number of nitrogen functional groups attached to an aromatic ring is 1. The summed E-state index contributed by atoms with van der Waals surface area (Å²) in [7, 11) is 0. The molecule has 1 rings (SSSR count). The van der Waals surface area contributed by atoms with Crippen LogP contribution in [-0.4, -0.2) is 30.5 Å². The van der Waals surface area contributed by atoms with Crippen LogP contribution < -0.4 is 5.73 Å². The molecule has 0 aliphatic heterocycles. The number of nitrogens with two attached hydrogens (primary N) is 1. The van der Waals surface area contributed by atoms with Gasteiger partial charge in [0.05, 0.1) is 18.5 Å². The molecule has 0 aromatic carbocycles. The number of anilines is 1. The lowest BCUT2D eigenvalue weighted by Gasteiger charge is -2.07. The van der Waals surface area contributed by atoms with E-state index < -0.39 is 25.5 Å². The maximum absolute atomic E-state index is 11.6. The molecule has 0 saturated carbocycles. The summed E-state index contributed by atoms with van der Waals surface area (Å²) in [4.78, 5) is 14.9. The van der Waals surface area contributed by atoms with Crippen molar-refractivity contribution in [2.24, 2.45) is 0 Å². The fraction of sp³-hybridized carbons (Fsp3) is 0.333. The number of rotatable bonds is 4. The Morgan fingerprint density at radius 2 is 2.06 bits per heavy atom. The highest BCUT2D eigenvalue weighted by atomic mass is 19.4. The van der Waals surface area contributed by atoms with Gasteiger partial charge in [0.15, 0.2) is 0 Å². The molecule has 1 aromatic heterocycles. The summed E-state index contributed by atoms with van der Waals surface area (Å²) in [6.07, 6.45) is -3.49. The third kappa shape index (κ3) is 5.16. The normalized spacial score (nSPS) is 11.2. The summed E-state index contributed by atoms with van der Waals surface area (Å²) in [5.41, 5.74) is 5.66. The van der Waals surface area contributed by atoms with E-state index in [1.165, 1.54) is 18.3 Å². The number of carbonyl (C=O) groups excluding carboxylic acids is 1. The minimum absolute atomic E-state index is 0.0359. The number of ether oxygens (including phenoxy) is 2. The van der Waals surface area contributed by atoms with Gasteiger partial charge in [-0.05, 0) is 12.1 Å². The largest absolute Gasteiger partial charge is 0.522 e. The molecule has 94 valence electrons. The van der Waals surface area contributed by atoms with Crippen molar-refractivity contribution in [3.05, 3.63) is 24.0 Å². The molecule has 1 heterocycles. The zero-order chi connectivity index (χ0) is 12.9. The molecule has 2 N–H and O–H groups in total. The van der Waals surface area contributed by atoms with Crippen molar-refractivity contribution in [3.8, 4) is 0 Å². The Morgan fingerprint density at radius 3 is 2.59 bits per heavy atom. The van der Waals surface area contributed by atoms with Crippen molar-refractivity contribution in [1.29, 1.82) is 0 Å². The molecule has 0 amide bonds. The molecular formula is C9H9F3N2O3. The van der Waals surface area contributed by atoms with Crippen molar-refractivity contribution in [2.75, 3.05) is 18.9 Å². The topological polar surface area (TPSA) is 74.4 Å². The number of carbonyl (C=O) groups is 1. The van der Waals surface area contributed by atoms with Gasteiger partial charge in [0, 0.05) is 0 Å². The Bertz CT molecular complexity index is 378. The average Bonchev–Trinajstić information content (AvgIpc) is 2.24. The van der Waals surface area contributed by atoms with Crippen LogP contribution in [0, 0.1) is 0 Å². The zero-order valence-electron chi connectivity index (χ0n) is 8.53. The molecule has 0 aliphatic rings. The van der Waals surface area contributed by atoms with Crippen LogP contribution in [0.1, 0.15) is 10.5 Å². The Hall–Kier alpha value is -1.83. The summed E-state index contributed by atoms with van der Waals surface area (Å²) < 4.78 is 42.6. The van der Waals surface area contributed by atoms with Crippen LogP contribution in [-0.2, 0) is 9.47 Å². The number of pyridine rings is 1. The van der Waals surface area contributed by atoms with Gasteiger partial charge in [-0.25, -0.2) is 9.78 Å². The molecule has 1 aromatic rings. The Morgan fingerprint density at radius 1 is 1.35 bits per heavy atom. The van der Waals surface area contributed by atoms with E-state index in [9.17, 15) is 18.0 Å². The van der Waals surface area contributed by atoms with E-state index in [4.69, 9.17) is 5.73 Å². The van der Waals surface area contributed by atoms with Crippen molar-refractivity contribution in [3.63, 3.8) is 0 Å². The summed E-state index contributed by atoms with van der Waals surface area (Å²) in [5.74, 6) is -0.837. The molecule has 0 spiro atoms. The van der Waals surface area contributed by atoms with Gasteiger partial charge < -0.3 is 10.5 Å². The highest BCUT2D eigenvalue weighted by Crippen LogP contribution is 2.15. The quantitative estimate of drug-likeness (QED) is 0.645. The van der Waals surface area contributed by atoms with Gasteiger partial charge in [0.1, 0.15) is 12.3 Å². The monoisotopic (exact) mass is 250 g/mol. The predicted molar refractivity (Wildman–Crippen MR) is 50.9 cm³/mol. The van der Waals surface area contributed by atoms with Crippen molar-refractivity contribution < 1.29 is 27.4 Å². The fourth-order valence-electron chi connectivity index (χ4n) is 0.892. The highest BCUT2D eigenvalue weighted by molar-refractivity contribution is 5.87. The lowest BCUT2D eigenvalue weighted by Crippen LogP contribution is -2.19. The van der Waals surface area contributed by atoms with Gasteiger partial charge in [-0.3, -0.25) is 4.74 Å². The van der Waals surface area contributed by atoms with Crippen LogP contribution in [0.3, 0.4) is 0 Å². The van der Waals surface area contributed by atoms with Gasteiger partial charge in [0.2, 0.25) is 0 Å². The van der Waals surface area contributed by atoms with Crippen molar-refractivity contribution >= 4 is 11.7 Å². The van der Waals surface area contributed by atoms with E-state index in [0.717, 1.165) is 0 Å². The second-order valence-corrected chi connectivity index (χ2v) is 2.91. The van der Waals surface area contributed by atoms with Crippen LogP contribution >= 0.6 is 0 Å². The lowest BCUT2D eigenvalue weighted by molar-refractivity contribution is -0.326. The number of alkyl halides is 3. The van der Waals surface area contributed by atoms with Gasteiger partial charge in [-0.1, -0.05) is 0 Å². The van der Waals surface area contributed by atoms with Crippen LogP contribution in [0.4, 0.5) is 18.9 Å². The summed E-state index contributed by atoms with van der Waals surface area (Å²) in [5, 5.41) is 0. The molecule has 0 atom stereocenters. The minimum atomic E-state index is -4.73. The second kappa shape index (κ2) is 5.48. The van der Waals surface area contributed by atoms with E-state index in [1.54, 1.807) is 0 Å². The van der Waals surface area contributed by atoms with Gasteiger partial charge >= 0.3 is 12.3 Å².